The Morgan fingerprint density at radius 2 is 1.88 bits per heavy atom. The zero-order valence-electron chi connectivity index (χ0n) is 14.1. The molecule has 0 spiro atoms. The standard InChI is InChI=1S/C18H23N3O2S/c1-14-5-7-16(8-6-14)18-10-9-17(19-20-18)12-15-4-3-11-21(13-15)24(2,22)23/h5-10,15H,3-4,11-13H2,1-2H3. The normalized spacial score (nSPS) is 19.3. The van der Waals surface area contributed by atoms with Gasteiger partial charge < -0.3 is 0 Å². The molecule has 1 unspecified atom stereocenters. The number of rotatable bonds is 4. The van der Waals surface area contributed by atoms with Crippen molar-refractivity contribution < 1.29 is 8.42 Å². The molecule has 2 heterocycles. The summed E-state index contributed by atoms with van der Waals surface area (Å²) in [6, 6.07) is 12.2. The largest absolute Gasteiger partial charge is 0.213 e. The Labute approximate surface area is 143 Å². The van der Waals surface area contributed by atoms with Crippen molar-refractivity contribution in [3.8, 4) is 11.3 Å². The van der Waals surface area contributed by atoms with Gasteiger partial charge in [-0.15, -0.1) is 0 Å². The molecule has 1 aromatic heterocycles. The fourth-order valence-corrected chi connectivity index (χ4v) is 4.08. The van der Waals surface area contributed by atoms with Gasteiger partial charge in [0.05, 0.1) is 17.6 Å². The molecule has 0 aliphatic carbocycles. The van der Waals surface area contributed by atoms with Crippen molar-refractivity contribution >= 4 is 10.0 Å². The highest BCUT2D eigenvalue weighted by Gasteiger charge is 2.26. The summed E-state index contributed by atoms with van der Waals surface area (Å²) in [6.45, 7) is 3.27. The van der Waals surface area contributed by atoms with Gasteiger partial charge in [0.2, 0.25) is 10.0 Å². The summed E-state index contributed by atoms with van der Waals surface area (Å²) in [5, 5.41) is 8.67. The van der Waals surface area contributed by atoms with Crippen molar-refractivity contribution in [2.24, 2.45) is 5.92 Å². The van der Waals surface area contributed by atoms with Crippen LogP contribution >= 0.6 is 0 Å². The molecule has 1 saturated heterocycles. The Morgan fingerprint density at radius 1 is 1.12 bits per heavy atom. The number of sulfonamides is 1. The first kappa shape index (κ1) is 17.0. The Bertz CT molecular complexity index is 786. The second kappa shape index (κ2) is 6.99. The quantitative estimate of drug-likeness (QED) is 0.855. The van der Waals surface area contributed by atoms with Crippen LogP contribution in [0.5, 0.6) is 0 Å². The van der Waals surface area contributed by atoms with Gasteiger partial charge in [-0.1, -0.05) is 29.8 Å². The van der Waals surface area contributed by atoms with Gasteiger partial charge in [-0.25, -0.2) is 12.7 Å². The van der Waals surface area contributed by atoms with E-state index < -0.39 is 10.0 Å². The van der Waals surface area contributed by atoms with Gasteiger partial charge in [-0.2, -0.15) is 10.2 Å². The van der Waals surface area contributed by atoms with Crippen LogP contribution in [0.1, 0.15) is 24.1 Å². The van der Waals surface area contributed by atoms with Crippen molar-refractivity contribution in [3.63, 3.8) is 0 Å². The van der Waals surface area contributed by atoms with Crippen LogP contribution in [-0.2, 0) is 16.4 Å². The molecule has 0 bridgehead atoms. The molecule has 5 nitrogen and oxygen atoms in total. The number of benzene rings is 1. The first-order chi connectivity index (χ1) is 11.4. The number of hydrogen-bond donors (Lipinski definition) is 0. The minimum absolute atomic E-state index is 0.313. The average molecular weight is 345 g/mol. The zero-order valence-corrected chi connectivity index (χ0v) is 15.0. The van der Waals surface area contributed by atoms with Crippen molar-refractivity contribution in [2.75, 3.05) is 19.3 Å². The Morgan fingerprint density at radius 3 is 2.50 bits per heavy atom. The Hall–Kier alpha value is -1.79. The smallest absolute Gasteiger partial charge is 0.211 e. The molecule has 0 amide bonds. The lowest BCUT2D eigenvalue weighted by atomic mass is 9.94. The fraction of sp³-hybridized carbons (Fsp3) is 0.444. The molecule has 1 atom stereocenters. The van der Waals surface area contributed by atoms with Crippen LogP contribution in [0, 0.1) is 12.8 Å². The van der Waals surface area contributed by atoms with Crippen molar-refractivity contribution in [3.05, 3.63) is 47.7 Å². The molecule has 2 aromatic rings. The van der Waals surface area contributed by atoms with Crippen LogP contribution in [0.4, 0.5) is 0 Å². The summed E-state index contributed by atoms with van der Waals surface area (Å²) in [6.07, 6.45) is 4.00. The first-order valence-electron chi connectivity index (χ1n) is 8.26. The highest BCUT2D eigenvalue weighted by molar-refractivity contribution is 7.88. The van der Waals surface area contributed by atoms with E-state index in [1.54, 1.807) is 4.31 Å². The molecular weight excluding hydrogens is 322 g/mol. The molecule has 1 fully saturated rings. The van der Waals surface area contributed by atoms with Crippen molar-refractivity contribution in [1.29, 1.82) is 0 Å². The Balaban J connectivity index is 1.67. The van der Waals surface area contributed by atoms with Crippen LogP contribution in [0.25, 0.3) is 11.3 Å². The minimum Gasteiger partial charge on any atom is -0.213 e. The number of piperidine rings is 1. The summed E-state index contributed by atoms with van der Waals surface area (Å²) in [4.78, 5) is 0. The van der Waals surface area contributed by atoms with Crippen LogP contribution in [-0.4, -0.2) is 42.3 Å². The monoisotopic (exact) mass is 345 g/mol. The summed E-state index contributed by atoms with van der Waals surface area (Å²) >= 11 is 0. The van der Waals surface area contributed by atoms with E-state index in [1.165, 1.54) is 11.8 Å². The van der Waals surface area contributed by atoms with E-state index in [-0.39, 0.29) is 0 Å². The third kappa shape index (κ3) is 4.19. The second-order valence-corrected chi connectivity index (χ2v) is 8.59. The highest BCUT2D eigenvalue weighted by atomic mass is 32.2. The second-order valence-electron chi connectivity index (χ2n) is 6.61. The maximum absolute atomic E-state index is 11.7. The van der Waals surface area contributed by atoms with Crippen molar-refractivity contribution in [2.45, 2.75) is 26.2 Å². The number of aromatic nitrogens is 2. The molecule has 6 heteroatoms. The van der Waals surface area contributed by atoms with Gasteiger partial charge in [0.15, 0.2) is 0 Å². The van der Waals surface area contributed by atoms with Gasteiger partial charge in [0.25, 0.3) is 0 Å². The molecule has 1 aliphatic heterocycles. The van der Waals surface area contributed by atoms with Crippen LogP contribution in [0.2, 0.25) is 0 Å². The van der Waals surface area contributed by atoms with E-state index >= 15 is 0 Å². The molecular formula is C18H23N3O2S. The number of aryl methyl sites for hydroxylation is 1. The van der Waals surface area contributed by atoms with E-state index in [9.17, 15) is 8.42 Å². The maximum Gasteiger partial charge on any atom is 0.211 e. The van der Waals surface area contributed by atoms with Crippen LogP contribution in [0.15, 0.2) is 36.4 Å². The Kier molecular flexibility index (Phi) is 4.96. The molecule has 0 radical (unpaired) electrons. The molecule has 0 N–H and O–H groups in total. The van der Waals surface area contributed by atoms with E-state index in [4.69, 9.17) is 0 Å². The molecule has 0 saturated carbocycles. The van der Waals surface area contributed by atoms with Gasteiger partial charge in [-0.05, 0) is 44.2 Å². The fourth-order valence-electron chi connectivity index (χ4n) is 3.14. The molecule has 1 aliphatic rings. The van der Waals surface area contributed by atoms with E-state index in [0.29, 0.717) is 19.0 Å². The zero-order chi connectivity index (χ0) is 17.2. The predicted molar refractivity (Wildman–Crippen MR) is 95.0 cm³/mol. The molecule has 128 valence electrons. The average Bonchev–Trinajstić information content (AvgIpc) is 2.56. The predicted octanol–water partition coefficient (Wildman–Crippen LogP) is 2.67. The van der Waals surface area contributed by atoms with E-state index in [2.05, 4.69) is 29.3 Å². The lowest BCUT2D eigenvalue weighted by Gasteiger charge is -2.30. The third-order valence-electron chi connectivity index (χ3n) is 4.52. The molecule has 24 heavy (non-hydrogen) atoms. The SMILES string of the molecule is Cc1ccc(-c2ccc(CC3CCCN(S(C)(=O)=O)C3)nn2)cc1. The summed E-state index contributed by atoms with van der Waals surface area (Å²) in [5.74, 6) is 0.313. The first-order valence-corrected chi connectivity index (χ1v) is 10.1. The third-order valence-corrected chi connectivity index (χ3v) is 5.79. The van der Waals surface area contributed by atoms with Crippen molar-refractivity contribution in [1.82, 2.24) is 14.5 Å². The number of nitrogens with zero attached hydrogens (tertiary/aromatic N) is 3. The van der Waals surface area contributed by atoms with Gasteiger partial charge in [0, 0.05) is 18.7 Å². The van der Waals surface area contributed by atoms with Crippen LogP contribution in [0.3, 0.4) is 0 Å². The minimum atomic E-state index is -3.10. The lowest BCUT2D eigenvalue weighted by molar-refractivity contribution is 0.265. The van der Waals surface area contributed by atoms with Gasteiger partial charge >= 0.3 is 0 Å². The topological polar surface area (TPSA) is 63.2 Å². The summed E-state index contributed by atoms with van der Waals surface area (Å²) in [5.41, 5.74) is 4.06. The highest BCUT2D eigenvalue weighted by Crippen LogP contribution is 2.22. The van der Waals surface area contributed by atoms with E-state index in [1.807, 2.05) is 24.3 Å². The maximum atomic E-state index is 11.7. The summed E-state index contributed by atoms with van der Waals surface area (Å²) in [7, 11) is -3.10. The number of hydrogen-bond acceptors (Lipinski definition) is 4. The van der Waals surface area contributed by atoms with Crippen LogP contribution < -0.4 is 0 Å². The van der Waals surface area contributed by atoms with Gasteiger partial charge in [-0.3, -0.25) is 0 Å². The lowest BCUT2D eigenvalue weighted by Crippen LogP contribution is -2.39. The summed E-state index contributed by atoms with van der Waals surface area (Å²) < 4.78 is 25.0. The van der Waals surface area contributed by atoms with Gasteiger partial charge in [0.1, 0.15) is 0 Å². The van der Waals surface area contributed by atoms with E-state index in [0.717, 1.165) is 36.2 Å². The molecule has 3 rings (SSSR count). The molecule has 1 aromatic carbocycles.